The molecule has 1 aliphatic rings. The van der Waals surface area contributed by atoms with Crippen LogP contribution in [0.4, 0.5) is 0 Å². The molecule has 1 aromatic carbocycles. The molecule has 0 atom stereocenters. The molecule has 2 heterocycles. The number of carboxylic acids is 1. The highest BCUT2D eigenvalue weighted by atomic mass is 16.7. The van der Waals surface area contributed by atoms with E-state index in [1.807, 2.05) is 0 Å². The summed E-state index contributed by atoms with van der Waals surface area (Å²) in [5.41, 5.74) is 1.56. The zero-order valence-electron chi connectivity index (χ0n) is 10.1. The highest BCUT2D eigenvalue weighted by Crippen LogP contribution is 2.36. The third-order valence-electron chi connectivity index (χ3n) is 2.90. The number of nitrogens with zero attached hydrogens (tertiary/aromatic N) is 2. The maximum Gasteiger partial charge on any atom is 0.339 e. The number of rotatable bonds is 2. The molecule has 0 amide bonds. The Morgan fingerprint density at radius 1 is 1.26 bits per heavy atom. The first kappa shape index (κ1) is 11.5. The molecule has 0 bridgehead atoms. The maximum absolute atomic E-state index is 11.3. The number of carboxylic acid groups (broad SMARTS) is 1. The van der Waals surface area contributed by atoms with Gasteiger partial charge in [-0.25, -0.2) is 14.8 Å². The highest BCUT2D eigenvalue weighted by molar-refractivity contribution is 5.95. The average Bonchev–Trinajstić information content (AvgIpc) is 2.85. The highest BCUT2D eigenvalue weighted by Gasteiger charge is 2.20. The first-order chi connectivity index (χ1) is 9.16. The van der Waals surface area contributed by atoms with Crippen molar-refractivity contribution in [2.24, 2.45) is 0 Å². The predicted molar refractivity (Wildman–Crippen MR) is 65.3 cm³/mol. The van der Waals surface area contributed by atoms with Gasteiger partial charge in [0.25, 0.3) is 0 Å². The van der Waals surface area contributed by atoms with E-state index < -0.39 is 5.97 Å². The molecule has 2 aromatic rings. The van der Waals surface area contributed by atoms with Crippen LogP contribution < -0.4 is 9.47 Å². The molecule has 0 saturated carbocycles. The van der Waals surface area contributed by atoms with Crippen LogP contribution in [0.3, 0.4) is 0 Å². The Labute approximate surface area is 108 Å². The first-order valence-electron chi connectivity index (χ1n) is 5.61. The summed E-state index contributed by atoms with van der Waals surface area (Å²) in [4.78, 5) is 19.3. The van der Waals surface area contributed by atoms with Crippen LogP contribution in [0.1, 0.15) is 16.1 Å². The van der Waals surface area contributed by atoms with Gasteiger partial charge >= 0.3 is 5.97 Å². The lowest BCUT2D eigenvalue weighted by molar-refractivity contribution is 0.0696. The summed E-state index contributed by atoms with van der Waals surface area (Å²) in [5.74, 6) is 0.183. The fourth-order valence-electron chi connectivity index (χ4n) is 1.99. The summed E-state index contributed by atoms with van der Waals surface area (Å²) in [6, 6.07) is 5.21. The van der Waals surface area contributed by atoms with Crippen LogP contribution in [0.25, 0.3) is 11.3 Å². The van der Waals surface area contributed by atoms with Gasteiger partial charge in [-0.05, 0) is 25.1 Å². The van der Waals surface area contributed by atoms with Crippen LogP contribution in [0.15, 0.2) is 24.5 Å². The lowest BCUT2D eigenvalue weighted by Crippen LogP contribution is -2.06. The van der Waals surface area contributed by atoms with Crippen molar-refractivity contribution < 1.29 is 19.4 Å². The summed E-state index contributed by atoms with van der Waals surface area (Å²) in [5, 5.41) is 9.27. The Morgan fingerprint density at radius 2 is 2.05 bits per heavy atom. The molecule has 19 heavy (non-hydrogen) atoms. The van der Waals surface area contributed by atoms with Gasteiger partial charge in [0, 0.05) is 5.56 Å². The number of aromatic nitrogens is 2. The van der Waals surface area contributed by atoms with Crippen LogP contribution in [0, 0.1) is 6.92 Å². The molecule has 6 heteroatoms. The summed E-state index contributed by atoms with van der Waals surface area (Å²) in [7, 11) is 0. The minimum absolute atomic E-state index is 0.0985. The molecule has 0 spiro atoms. The number of ether oxygens (including phenoxy) is 2. The van der Waals surface area contributed by atoms with Gasteiger partial charge in [0.2, 0.25) is 6.79 Å². The molecule has 0 unspecified atom stereocenters. The zero-order valence-corrected chi connectivity index (χ0v) is 10.1. The van der Waals surface area contributed by atoms with E-state index in [9.17, 15) is 9.90 Å². The van der Waals surface area contributed by atoms with Gasteiger partial charge in [0.05, 0.1) is 11.4 Å². The smallest absolute Gasteiger partial charge is 0.339 e. The second-order valence-corrected chi connectivity index (χ2v) is 4.06. The Kier molecular flexibility index (Phi) is 2.56. The number of carbonyl (C=O) groups is 1. The topological polar surface area (TPSA) is 81.5 Å². The Morgan fingerprint density at radius 3 is 2.84 bits per heavy atom. The largest absolute Gasteiger partial charge is 0.478 e. The van der Waals surface area contributed by atoms with Crippen LogP contribution in [0.5, 0.6) is 11.5 Å². The summed E-state index contributed by atoms with van der Waals surface area (Å²) >= 11 is 0. The second kappa shape index (κ2) is 4.24. The number of aromatic carboxylic acids is 1. The van der Waals surface area contributed by atoms with Crippen LogP contribution >= 0.6 is 0 Å². The van der Waals surface area contributed by atoms with E-state index in [2.05, 4.69) is 9.97 Å². The van der Waals surface area contributed by atoms with E-state index in [4.69, 9.17) is 9.47 Å². The maximum atomic E-state index is 11.3. The normalized spacial score (nSPS) is 12.5. The number of fused-ring (bicyclic) bond motifs is 1. The molecule has 1 aromatic heterocycles. The monoisotopic (exact) mass is 258 g/mol. The van der Waals surface area contributed by atoms with Crippen molar-refractivity contribution in [3.63, 3.8) is 0 Å². The molecule has 6 nitrogen and oxygen atoms in total. The van der Waals surface area contributed by atoms with E-state index in [1.54, 1.807) is 25.1 Å². The van der Waals surface area contributed by atoms with E-state index in [0.29, 0.717) is 28.5 Å². The first-order valence-corrected chi connectivity index (χ1v) is 5.61. The van der Waals surface area contributed by atoms with Gasteiger partial charge < -0.3 is 14.6 Å². The standard InChI is InChI=1S/C13H10N2O4/c1-7-11(13(16)17)12(15-5-14-7)8-2-3-9-10(4-8)19-6-18-9/h2-5H,6H2,1H3,(H,16,17). The Hall–Kier alpha value is -2.63. The lowest BCUT2D eigenvalue weighted by atomic mass is 10.0. The molecule has 96 valence electrons. The summed E-state index contributed by atoms with van der Waals surface area (Å²) in [6.07, 6.45) is 1.35. The zero-order chi connectivity index (χ0) is 13.4. The molecular weight excluding hydrogens is 248 g/mol. The third kappa shape index (κ3) is 1.87. The molecule has 3 rings (SSSR count). The number of aryl methyl sites for hydroxylation is 1. The van der Waals surface area contributed by atoms with Crippen molar-refractivity contribution in [2.45, 2.75) is 6.92 Å². The quantitative estimate of drug-likeness (QED) is 0.885. The van der Waals surface area contributed by atoms with Gasteiger partial charge in [-0.3, -0.25) is 0 Å². The van der Waals surface area contributed by atoms with Crippen molar-refractivity contribution in [3.05, 3.63) is 35.8 Å². The van der Waals surface area contributed by atoms with Crippen LogP contribution in [-0.2, 0) is 0 Å². The van der Waals surface area contributed by atoms with Crippen molar-refractivity contribution in [2.75, 3.05) is 6.79 Å². The van der Waals surface area contributed by atoms with Gasteiger partial charge in [0.15, 0.2) is 11.5 Å². The van der Waals surface area contributed by atoms with Crippen molar-refractivity contribution >= 4 is 5.97 Å². The van der Waals surface area contributed by atoms with Crippen LogP contribution in [0.2, 0.25) is 0 Å². The summed E-state index contributed by atoms with van der Waals surface area (Å²) in [6.45, 7) is 1.81. The number of hydrogen-bond acceptors (Lipinski definition) is 5. The van der Waals surface area contributed by atoms with Gasteiger partial charge in [-0.1, -0.05) is 0 Å². The molecule has 1 aliphatic heterocycles. The Bertz CT molecular complexity index is 670. The van der Waals surface area contributed by atoms with Gasteiger partial charge in [-0.15, -0.1) is 0 Å². The van der Waals surface area contributed by atoms with E-state index in [1.165, 1.54) is 6.33 Å². The predicted octanol–water partition coefficient (Wildman–Crippen LogP) is 1.88. The van der Waals surface area contributed by atoms with E-state index >= 15 is 0 Å². The minimum atomic E-state index is -1.05. The van der Waals surface area contributed by atoms with Crippen molar-refractivity contribution in [1.29, 1.82) is 0 Å². The lowest BCUT2D eigenvalue weighted by Gasteiger charge is -2.07. The van der Waals surface area contributed by atoms with Gasteiger partial charge in [-0.2, -0.15) is 0 Å². The van der Waals surface area contributed by atoms with E-state index in [-0.39, 0.29) is 12.4 Å². The molecule has 0 aliphatic carbocycles. The molecule has 0 fully saturated rings. The molecule has 0 saturated heterocycles. The summed E-state index contributed by atoms with van der Waals surface area (Å²) < 4.78 is 10.5. The van der Waals surface area contributed by atoms with Crippen molar-refractivity contribution in [1.82, 2.24) is 9.97 Å². The van der Waals surface area contributed by atoms with Crippen molar-refractivity contribution in [3.8, 4) is 22.8 Å². The minimum Gasteiger partial charge on any atom is -0.478 e. The number of benzene rings is 1. The molecule has 0 radical (unpaired) electrons. The second-order valence-electron chi connectivity index (χ2n) is 4.06. The Balaban J connectivity index is 2.17. The SMILES string of the molecule is Cc1ncnc(-c2ccc3c(c2)OCO3)c1C(=O)O. The molecular formula is C13H10N2O4. The van der Waals surface area contributed by atoms with E-state index in [0.717, 1.165) is 0 Å². The molecule has 1 N–H and O–H groups in total. The fourth-order valence-corrected chi connectivity index (χ4v) is 1.99. The van der Waals surface area contributed by atoms with Gasteiger partial charge in [0.1, 0.15) is 11.9 Å². The third-order valence-corrected chi connectivity index (χ3v) is 2.90. The van der Waals surface area contributed by atoms with Crippen LogP contribution in [-0.4, -0.2) is 27.8 Å². The average molecular weight is 258 g/mol. The fraction of sp³-hybridized carbons (Fsp3) is 0.154. The number of hydrogen-bond donors (Lipinski definition) is 1.